The number of likely N-dealkylation sites (tertiary alicyclic amines) is 1. The van der Waals surface area contributed by atoms with Crippen LogP contribution in [0.2, 0.25) is 0 Å². The Kier molecular flexibility index (Phi) is 4.64. The van der Waals surface area contributed by atoms with Crippen LogP contribution < -0.4 is 0 Å². The van der Waals surface area contributed by atoms with Gasteiger partial charge in [-0.2, -0.15) is 13.2 Å². The van der Waals surface area contributed by atoms with Crippen molar-refractivity contribution >= 4 is 17.8 Å². The predicted molar refractivity (Wildman–Crippen MR) is 83.3 cm³/mol. The largest absolute Gasteiger partial charge is 0.478 e. The summed E-state index contributed by atoms with van der Waals surface area (Å²) in [6.45, 7) is -1.00. The van der Waals surface area contributed by atoms with Crippen molar-refractivity contribution in [3.05, 3.63) is 34.9 Å². The first-order chi connectivity index (χ1) is 12.1. The van der Waals surface area contributed by atoms with Crippen LogP contribution in [0.4, 0.5) is 13.2 Å². The highest BCUT2D eigenvalue weighted by molar-refractivity contribution is 5.90. The van der Waals surface area contributed by atoms with E-state index in [-0.39, 0.29) is 31.0 Å². The van der Waals surface area contributed by atoms with Crippen LogP contribution in [0.3, 0.4) is 0 Å². The van der Waals surface area contributed by atoms with E-state index in [1.165, 1.54) is 17.0 Å². The molecule has 6 nitrogen and oxygen atoms in total. The molecule has 0 aliphatic carbocycles. The summed E-state index contributed by atoms with van der Waals surface area (Å²) in [5.74, 6) is -2.91. The number of benzene rings is 1. The van der Waals surface area contributed by atoms with E-state index >= 15 is 0 Å². The lowest BCUT2D eigenvalue weighted by Gasteiger charge is -2.31. The highest BCUT2D eigenvalue weighted by atomic mass is 19.4. The van der Waals surface area contributed by atoms with Gasteiger partial charge < -0.3 is 14.9 Å². The maximum atomic E-state index is 12.6. The number of carbonyl (C=O) groups excluding carboxylic acids is 2. The van der Waals surface area contributed by atoms with E-state index in [1.807, 2.05) is 0 Å². The molecule has 0 radical (unpaired) electrons. The van der Waals surface area contributed by atoms with Gasteiger partial charge in [0.15, 0.2) is 0 Å². The third-order valence-electron chi connectivity index (χ3n) is 4.71. The van der Waals surface area contributed by atoms with Crippen molar-refractivity contribution in [1.29, 1.82) is 0 Å². The number of nitrogens with zero attached hydrogens (tertiary/aromatic N) is 2. The van der Waals surface area contributed by atoms with Gasteiger partial charge in [-0.25, -0.2) is 4.79 Å². The fourth-order valence-corrected chi connectivity index (χ4v) is 3.44. The number of hydrogen-bond acceptors (Lipinski definition) is 3. The van der Waals surface area contributed by atoms with Crippen molar-refractivity contribution in [2.24, 2.45) is 5.92 Å². The second-order valence-electron chi connectivity index (χ2n) is 6.59. The van der Waals surface area contributed by atoms with Crippen LogP contribution in [0, 0.1) is 5.92 Å². The normalized spacial score (nSPS) is 20.3. The number of carboxylic acids is 1. The van der Waals surface area contributed by atoms with Crippen LogP contribution >= 0.6 is 0 Å². The Morgan fingerprint density at radius 2 is 1.96 bits per heavy atom. The predicted octanol–water partition coefficient (Wildman–Crippen LogP) is 1.68. The number of hydrogen-bond donors (Lipinski definition) is 1. The standard InChI is InChI=1S/C17H17F3N2O4/c18-17(19,20)9-22-8-13(6-14(22)23)15(24)21-4-3-10-1-2-11(16(25)26)5-12(10)7-21/h1-2,5,13H,3-4,6-9H2,(H,25,26). The van der Waals surface area contributed by atoms with Crippen molar-refractivity contribution in [1.82, 2.24) is 9.80 Å². The molecule has 0 bridgehead atoms. The highest BCUT2D eigenvalue weighted by Crippen LogP contribution is 2.27. The maximum absolute atomic E-state index is 12.6. The zero-order valence-electron chi connectivity index (χ0n) is 13.8. The molecule has 3 rings (SSSR count). The van der Waals surface area contributed by atoms with Gasteiger partial charge in [-0.05, 0) is 29.7 Å². The molecular formula is C17H17F3N2O4. The van der Waals surface area contributed by atoms with Crippen molar-refractivity contribution in [3.63, 3.8) is 0 Å². The second kappa shape index (κ2) is 6.62. The molecule has 2 heterocycles. The summed E-state index contributed by atoms with van der Waals surface area (Å²) in [5, 5.41) is 9.07. The third-order valence-corrected chi connectivity index (χ3v) is 4.71. The third kappa shape index (κ3) is 3.81. The van der Waals surface area contributed by atoms with Gasteiger partial charge in [0.05, 0.1) is 11.5 Å². The number of carbonyl (C=O) groups is 3. The average Bonchev–Trinajstić information content (AvgIpc) is 2.92. The number of halogens is 3. The maximum Gasteiger partial charge on any atom is 0.406 e. The topological polar surface area (TPSA) is 77.9 Å². The molecule has 1 aromatic carbocycles. The average molecular weight is 370 g/mol. The highest BCUT2D eigenvalue weighted by Gasteiger charge is 2.42. The minimum atomic E-state index is -4.50. The fraction of sp³-hybridized carbons (Fsp3) is 0.471. The lowest BCUT2D eigenvalue weighted by Crippen LogP contribution is -2.41. The number of rotatable bonds is 3. The van der Waals surface area contributed by atoms with Gasteiger partial charge >= 0.3 is 12.1 Å². The SMILES string of the molecule is O=C(O)c1ccc2c(c1)CN(C(=O)C1CC(=O)N(CC(F)(F)F)C1)CC2. The van der Waals surface area contributed by atoms with Crippen LogP contribution in [0.15, 0.2) is 18.2 Å². The molecule has 1 saturated heterocycles. The van der Waals surface area contributed by atoms with Crippen LogP contribution in [-0.4, -0.2) is 58.5 Å². The Morgan fingerprint density at radius 3 is 2.62 bits per heavy atom. The molecule has 0 aromatic heterocycles. The van der Waals surface area contributed by atoms with Gasteiger partial charge in [-0.1, -0.05) is 6.07 Å². The first-order valence-electron chi connectivity index (χ1n) is 8.12. The summed E-state index contributed by atoms with van der Waals surface area (Å²) in [6, 6.07) is 4.72. The van der Waals surface area contributed by atoms with E-state index in [4.69, 9.17) is 5.11 Å². The first kappa shape index (κ1) is 18.2. The van der Waals surface area contributed by atoms with Crippen molar-refractivity contribution < 1.29 is 32.7 Å². The van der Waals surface area contributed by atoms with Crippen LogP contribution in [0.25, 0.3) is 0 Å². The Bertz CT molecular complexity index is 763. The Balaban J connectivity index is 1.69. The molecule has 26 heavy (non-hydrogen) atoms. The molecule has 2 aliphatic heterocycles. The number of carboxylic acid groups (broad SMARTS) is 1. The minimum Gasteiger partial charge on any atom is -0.478 e. The van der Waals surface area contributed by atoms with E-state index in [9.17, 15) is 27.6 Å². The molecule has 0 spiro atoms. The number of amides is 2. The minimum absolute atomic E-state index is 0.116. The first-order valence-corrected chi connectivity index (χ1v) is 8.12. The molecule has 2 amide bonds. The Hall–Kier alpha value is -2.58. The molecule has 140 valence electrons. The number of fused-ring (bicyclic) bond motifs is 1. The zero-order valence-corrected chi connectivity index (χ0v) is 13.8. The summed E-state index contributed by atoms with van der Waals surface area (Å²) in [5.41, 5.74) is 1.77. The summed E-state index contributed by atoms with van der Waals surface area (Å²) in [4.78, 5) is 37.6. The van der Waals surface area contributed by atoms with Gasteiger partial charge in [0.1, 0.15) is 6.54 Å². The number of aromatic carboxylic acids is 1. The van der Waals surface area contributed by atoms with Crippen molar-refractivity contribution in [2.45, 2.75) is 25.6 Å². The molecule has 9 heteroatoms. The monoisotopic (exact) mass is 370 g/mol. The summed E-state index contributed by atoms with van der Waals surface area (Å²) >= 11 is 0. The van der Waals surface area contributed by atoms with E-state index in [1.54, 1.807) is 6.07 Å². The molecular weight excluding hydrogens is 353 g/mol. The smallest absolute Gasteiger partial charge is 0.406 e. The van der Waals surface area contributed by atoms with E-state index in [2.05, 4.69) is 0 Å². The van der Waals surface area contributed by atoms with Crippen LogP contribution in [0.5, 0.6) is 0 Å². The summed E-state index contributed by atoms with van der Waals surface area (Å²) < 4.78 is 37.5. The fourth-order valence-electron chi connectivity index (χ4n) is 3.44. The van der Waals surface area contributed by atoms with Crippen LogP contribution in [-0.2, 0) is 22.6 Å². The molecule has 1 aromatic rings. The Morgan fingerprint density at radius 1 is 1.23 bits per heavy atom. The lowest BCUT2D eigenvalue weighted by atomic mass is 9.96. The van der Waals surface area contributed by atoms with E-state index in [0.29, 0.717) is 23.4 Å². The van der Waals surface area contributed by atoms with Crippen molar-refractivity contribution in [3.8, 4) is 0 Å². The Labute approximate surface area is 147 Å². The molecule has 1 N–H and O–H groups in total. The molecule has 2 aliphatic rings. The summed E-state index contributed by atoms with van der Waals surface area (Å²) in [6.07, 6.45) is -4.19. The molecule has 1 unspecified atom stereocenters. The van der Waals surface area contributed by atoms with Crippen LogP contribution in [0.1, 0.15) is 27.9 Å². The second-order valence-corrected chi connectivity index (χ2v) is 6.59. The zero-order chi connectivity index (χ0) is 19.1. The van der Waals surface area contributed by atoms with Gasteiger partial charge in [0, 0.05) is 26.1 Å². The summed E-state index contributed by atoms with van der Waals surface area (Å²) in [7, 11) is 0. The molecule has 1 fully saturated rings. The van der Waals surface area contributed by atoms with Gasteiger partial charge in [-0.3, -0.25) is 9.59 Å². The van der Waals surface area contributed by atoms with Crippen molar-refractivity contribution in [2.75, 3.05) is 19.6 Å². The molecule has 1 atom stereocenters. The lowest BCUT2D eigenvalue weighted by molar-refractivity contribution is -0.157. The van der Waals surface area contributed by atoms with Gasteiger partial charge in [0.25, 0.3) is 0 Å². The van der Waals surface area contributed by atoms with E-state index in [0.717, 1.165) is 5.56 Å². The number of alkyl halides is 3. The van der Waals surface area contributed by atoms with Gasteiger partial charge in [-0.15, -0.1) is 0 Å². The van der Waals surface area contributed by atoms with E-state index < -0.39 is 30.5 Å². The quantitative estimate of drug-likeness (QED) is 0.878. The van der Waals surface area contributed by atoms with Gasteiger partial charge in [0.2, 0.25) is 11.8 Å². The molecule has 0 saturated carbocycles.